The van der Waals surface area contributed by atoms with Crippen LogP contribution in [-0.2, 0) is 24.2 Å². The molecule has 2 aromatic rings. The molecule has 0 radical (unpaired) electrons. The van der Waals surface area contributed by atoms with E-state index in [2.05, 4.69) is 28.5 Å². The van der Waals surface area contributed by atoms with Gasteiger partial charge in [-0.1, -0.05) is 6.07 Å². The summed E-state index contributed by atoms with van der Waals surface area (Å²) in [6, 6.07) is 6.53. The summed E-state index contributed by atoms with van der Waals surface area (Å²) >= 11 is 0. The predicted octanol–water partition coefficient (Wildman–Crippen LogP) is 3.07. The van der Waals surface area contributed by atoms with Gasteiger partial charge in [0.25, 0.3) is 0 Å². The molecule has 2 aliphatic carbocycles. The Hall–Kier alpha value is -1.77. The molecule has 20 heavy (non-hydrogen) atoms. The number of aryl methyl sites for hydroxylation is 2. The number of H-pyrrole nitrogens is 1. The third-order valence-electron chi connectivity index (χ3n) is 4.58. The normalized spacial score (nSPS) is 18.0. The van der Waals surface area contributed by atoms with E-state index in [0.29, 0.717) is 12.5 Å². The zero-order valence-corrected chi connectivity index (χ0v) is 11.7. The Balaban J connectivity index is 1.59. The maximum Gasteiger partial charge on any atom is 0.223 e. The maximum absolute atomic E-state index is 11.7. The predicted molar refractivity (Wildman–Crippen MR) is 79.5 cm³/mol. The number of amides is 1. The van der Waals surface area contributed by atoms with Gasteiger partial charge in [-0.25, -0.2) is 0 Å². The first-order valence-electron chi connectivity index (χ1n) is 7.71. The number of carbonyl (C=O) groups excluding carboxylic acids is 1. The topological polar surface area (TPSA) is 44.9 Å². The second-order valence-corrected chi connectivity index (χ2v) is 6.16. The number of carbonyl (C=O) groups is 1. The molecule has 2 aliphatic rings. The van der Waals surface area contributed by atoms with Crippen molar-refractivity contribution in [3.8, 4) is 0 Å². The number of hydrogen-bond donors (Lipinski definition) is 2. The van der Waals surface area contributed by atoms with E-state index in [1.165, 1.54) is 53.4 Å². The number of aromatic nitrogens is 1. The Morgan fingerprint density at radius 1 is 1.25 bits per heavy atom. The van der Waals surface area contributed by atoms with Crippen LogP contribution in [0.1, 0.15) is 42.5 Å². The highest BCUT2D eigenvalue weighted by atomic mass is 16.2. The van der Waals surface area contributed by atoms with Crippen molar-refractivity contribution < 1.29 is 4.79 Å². The minimum Gasteiger partial charge on any atom is -0.358 e. The SMILES string of the molecule is O=C(NCc1ccc2[nH]c3c(c2c1)CCCC3)C1CC1. The van der Waals surface area contributed by atoms with Gasteiger partial charge in [0.05, 0.1) is 0 Å². The van der Waals surface area contributed by atoms with Crippen LogP contribution in [0.15, 0.2) is 18.2 Å². The Morgan fingerprint density at radius 3 is 2.95 bits per heavy atom. The van der Waals surface area contributed by atoms with Crippen molar-refractivity contribution in [2.75, 3.05) is 0 Å². The summed E-state index contributed by atoms with van der Waals surface area (Å²) < 4.78 is 0. The molecule has 0 spiro atoms. The summed E-state index contributed by atoms with van der Waals surface area (Å²) in [5.74, 6) is 0.514. The van der Waals surface area contributed by atoms with Gasteiger partial charge in [0, 0.05) is 29.1 Å². The summed E-state index contributed by atoms with van der Waals surface area (Å²) in [5.41, 5.74) is 5.38. The number of benzene rings is 1. The summed E-state index contributed by atoms with van der Waals surface area (Å²) in [6.07, 6.45) is 7.09. The highest BCUT2D eigenvalue weighted by molar-refractivity contribution is 5.86. The number of aromatic amines is 1. The van der Waals surface area contributed by atoms with E-state index in [1.807, 2.05) is 0 Å². The van der Waals surface area contributed by atoms with Gasteiger partial charge in [0.15, 0.2) is 0 Å². The van der Waals surface area contributed by atoms with E-state index in [4.69, 9.17) is 0 Å². The first kappa shape index (κ1) is 12.0. The van der Waals surface area contributed by atoms with Gasteiger partial charge in [-0.05, 0) is 61.8 Å². The molecule has 3 heteroatoms. The third-order valence-corrected chi connectivity index (χ3v) is 4.58. The van der Waals surface area contributed by atoms with Crippen LogP contribution in [0.2, 0.25) is 0 Å². The van der Waals surface area contributed by atoms with Gasteiger partial charge in [-0.2, -0.15) is 0 Å². The molecule has 3 nitrogen and oxygen atoms in total. The summed E-state index contributed by atoms with van der Waals surface area (Å²) in [5, 5.41) is 4.41. The lowest BCUT2D eigenvalue weighted by Crippen LogP contribution is -2.24. The standard InChI is InChI=1S/C17H20N2O/c20-17(12-6-7-12)18-10-11-5-8-16-14(9-11)13-3-1-2-4-15(13)19-16/h5,8-9,12,19H,1-4,6-7,10H2,(H,18,20). The van der Waals surface area contributed by atoms with Crippen molar-refractivity contribution in [1.82, 2.24) is 10.3 Å². The van der Waals surface area contributed by atoms with Crippen molar-refractivity contribution in [2.24, 2.45) is 5.92 Å². The number of hydrogen-bond acceptors (Lipinski definition) is 1. The van der Waals surface area contributed by atoms with Crippen LogP contribution < -0.4 is 5.32 Å². The minimum atomic E-state index is 0.223. The molecule has 0 aliphatic heterocycles. The van der Waals surface area contributed by atoms with E-state index in [-0.39, 0.29) is 5.91 Å². The fourth-order valence-corrected chi connectivity index (χ4v) is 3.24. The van der Waals surface area contributed by atoms with Crippen LogP contribution in [0.3, 0.4) is 0 Å². The summed E-state index contributed by atoms with van der Waals surface area (Å²) in [7, 11) is 0. The first-order valence-corrected chi connectivity index (χ1v) is 7.71. The molecule has 0 atom stereocenters. The van der Waals surface area contributed by atoms with Crippen LogP contribution in [0, 0.1) is 5.92 Å². The van der Waals surface area contributed by atoms with Crippen LogP contribution >= 0.6 is 0 Å². The van der Waals surface area contributed by atoms with Gasteiger partial charge >= 0.3 is 0 Å². The molecule has 1 amide bonds. The van der Waals surface area contributed by atoms with Gasteiger partial charge in [-0.15, -0.1) is 0 Å². The Morgan fingerprint density at radius 2 is 2.10 bits per heavy atom. The van der Waals surface area contributed by atoms with Crippen LogP contribution in [0.25, 0.3) is 10.9 Å². The highest BCUT2D eigenvalue weighted by Crippen LogP contribution is 2.30. The number of fused-ring (bicyclic) bond motifs is 3. The average Bonchev–Trinajstić information content (AvgIpc) is 3.26. The first-order chi connectivity index (χ1) is 9.81. The van der Waals surface area contributed by atoms with E-state index in [0.717, 1.165) is 12.8 Å². The maximum atomic E-state index is 11.7. The van der Waals surface area contributed by atoms with Crippen molar-refractivity contribution in [3.63, 3.8) is 0 Å². The lowest BCUT2D eigenvalue weighted by molar-refractivity contribution is -0.122. The zero-order valence-electron chi connectivity index (χ0n) is 11.7. The van der Waals surface area contributed by atoms with Gasteiger partial charge in [0.1, 0.15) is 0 Å². The lowest BCUT2D eigenvalue weighted by atomic mass is 9.95. The molecule has 0 bridgehead atoms. The van der Waals surface area contributed by atoms with E-state index in [1.54, 1.807) is 0 Å². The quantitative estimate of drug-likeness (QED) is 0.883. The highest BCUT2D eigenvalue weighted by Gasteiger charge is 2.29. The molecule has 1 saturated carbocycles. The van der Waals surface area contributed by atoms with E-state index < -0.39 is 0 Å². The lowest BCUT2D eigenvalue weighted by Gasteiger charge is -2.10. The minimum absolute atomic E-state index is 0.223. The van der Waals surface area contributed by atoms with Gasteiger partial charge < -0.3 is 10.3 Å². The second-order valence-electron chi connectivity index (χ2n) is 6.16. The van der Waals surface area contributed by atoms with Crippen molar-refractivity contribution >= 4 is 16.8 Å². The third kappa shape index (κ3) is 2.11. The van der Waals surface area contributed by atoms with Gasteiger partial charge in [0.2, 0.25) is 5.91 Å². The van der Waals surface area contributed by atoms with Crippen molar-refractivity contribution in [3.05, 3.63) is 35.0 Å². The molecular formula is C17H20N2O. The van der Waals surface area contributed by atoms with Crippen molar-refractivity contribution in [1.29, 1.82) is 0 Å². The monoisotopic (exact) mass is 268 g/mol. The molecule has 0 unspecified atom stereocenters. The van der Waals surface area contributed by atoms with E-state index >= 15 is 0 Å². The fraction of sp³-hybridized carbons (Fsp3) is 0.471. The van der Waals surface area contributed by atoms with Crippen LogP contribution in [-0.4, -0.2) is 10.9 Å². The molecule has 4 rings (SSSR count). The largest absolute Gasteiger partial charge is 0.358 e. The molecule has 1 aromatic heterocycles. The molecule has 2 N–H and O–H groups in total. The second kappa shape index (κ2) is 4.65. The Bertz CT molecular complexity index is 667. The molecule has 1 fully saturated rings. The van der Waals surface area contributed by atoms with Crippen LogP contribution in [0.4, 0.5) is 0 Å². The number of rotatable bonds is 3. The molecule has 1 heterocycles. The Kier molecular flexibility index (Phi) is 2.79. The Labute approximate surface area is 118 Å². The fourth-order valence-electron chi connectivity index (χ4n) is 3.24. The molecule has 0 saturated heterocycles. The van der Waals surface area contributed by atoms with Crippen LogP contribution in [0.5, 0.6) is 0 Å². The van der Waals surface area contributed by atoms with E-state index in [9.17, 15) is 4.79 Å². The smallest absolute Gasteiger partial charge is 0.223 e. The average molecular weight is 268 g/mol. The summed E-state index contributed by atoms with van der Waals surface area (Å²) in [6.45, 7) is 0.658. The summed E-state index contributed by atoms with van der Waals surface area (Å²) in [4.78, 5) is 15.3. The zero-order chi connectivity index (χ0) is 13.5. The number of nitrogens with one attached hydrogen (secondary N) is 2. The molecular weight excluding hydrogens is 248 g/mol. The van der Waals surface area contributed by atoms with Crippen molar-refractivity contribution in [2.45, 2.75) is 45.1 Å². The van der Waals surface area contributed by atoms with Gasteiger partial charge in [-0.3, -0.25) is 4.79 Å². The molecule has 104 valence electrons. The molecule has 1 aromatic carbocycles.